The van der Waals surface area contributed by atoms with Crippen molar-refractivity contribution in [3.05, 3.63) is 54.6 Å². The molecule has 1 amide bonds. The summed E-state index contributed by atoms with van der Waals surface area (Å²) in [6.45, 7) is 4.53. The van der Waals surface area contributed by atoms with Gasteiger partial charge in [-0.2, -0.15) is 0 Å². The zero-order valence-corrected chi connectivity index (χ0v) is 18.0. The SMILES string of the molecule is O=C([C@H]1CCCN(c2nnc(-n3cccc3)s2)C1)N1CCN(c2ccc(F)cc2)CC1. The quantitative estimate of drug-likeness (QED) is 0.624. The molecule has 1 aromatic carbocycles. The van der Waals surface area contributed by atoms with Gasteiger partial charge in [0, 0.05) is 57.3 Å². The van der Waals surface area contributed by atoms with Crippen LogP contribution in [0.2, 0.25) is 0 Å². The van der Waals surface area contributed by atoms with Crippen molar-refractivity contribution in [1.82, 2.24) is 19.7 Å². The molecule has 5 rings (SSSR count). The summed E-state index contributed by atoms with van der Waals surface area (Å²) in [6.07, 6.45) is 5.80. The lowest BCUT2D eigenvalue weighted by Gasteiger charge is -2.39. The van der Waals surface area contributed by atoms with Gasteiger partial charge in [-0.1, -0.05) is 11.3 Å². The molecule has 0 spiro atoms. The highest BCUT2D eigenvalue weighted by Gasteiger charge is 2.32. The van der Waals surface area contributed by atoms with Crippen LogP contribution in [0.25, 0.3) is 5.13 Å². The van der Waals surface area contributed by atoms with Crippen LogP contribution in [0.4, 0.5) is 15.2 Å². The molecular weight excluding hydrogens is 415 g/mol. The first-order chi connectivity index (χ1) is 15.2. The summed E-state index contributed by atoms with van der Waals surface area (Å²) in [5.41, 5.74) is 1.01. The zero-order valence-electron chi connectivity index (χ0n) is 17.2. The highest BCUT2D eigenvalue weighted by Crippen LogP contribution is 2.29. The van der Waals surface area contributed by atoms with E-state index in [2.05, 4.69) is 20.0 Å². The van der Waals surface area contributed by atoms with Gasteiger partial charge in [0.1, 0.15) is 5.82 Å². The van der Waals surface area contributed by atoms with E-state index >= 15 is 0 Å². The van der Waals surface area contributed by atoms with Crippen molar-refractivity contribution in [2.45, 2.75) is 12.8 Å². The standard InChI is InChI=1S/C22H25FN6OS/c23-18-5-7-19(8-6-18)26-12-14-27(15-13-26)20(30)17-4-3-11-29(16-17)22-25-24-21(31-22)28-9-1-2-10-28/h1-2,5-10,17H,3-4,11-16H2/t17-/m0/s1. The maximum atomic E-state index is 13.2. The lowest BCUT2D eigenvalue weighted by molar-refractivity contribution is -0.136. The van der Waals surface area contributed by atoms with Crippen LogP contribution < -0.4 is 9.80 Å². The highest BCUT2D eigenvalue weighted by atomic mass is 32.1. The van der Waals surface area contributed by atoms with Crippen LogP contribution in [0.15, 0.2) is 48.8 Å². The Morgan fingerprint density at radius 3 is 2.39 bits per heavy atom. The number of nitrogens with zero attached hydrogens (tertiary/aromatic N) is 6. The second-order valence-corrected chi connectivity index (χ2v) is 8.97. The Morgan fingerprint density at radius 2 is 1.65 bits per heavy atom. The van der Waals surface area contributed by atoms with Gasteiger partial charge in [0.2, 0.25) is 16.2 Å². The van der Waals surface area contributed by atoms with Crippen LogP contribution in [0, 0.1) is 11.7 Å². The van der Waals surface area contributed by atoms with Crippen molar-refractivity contribution < 1.29 is 9.18 Å². The number of anilines is 2. The number of halogens is 1. The summed E-state index contributed by atoms with van der Waals surface area (Å²) in [6, 6.07) is 10.5. The van der Waals surface area contributed by atoms with Crippen molar-refractivity contribution in [2.24, 2.45) is 5.92 Å². The number of hydrogen-bond acceptors (Lipinski definition) is 6. The van der Waals surface area contributed by atoms with Crippen LogP contribution in [0.1, 0.15) is 12.8 Å². The number of piperidine rings is 1. The van der Waals surface area contributed by atoms with Crippen LogP contribution in [0.5, 0.6) is 0 Å². The lowest BCUT2D eigenvalue weighted by Crippen LogP contribution is -2.52. The van der Waals surface area contributed by atoms with Crippen molar-refractivity contribution in [1.29, 1.82) is 0 Å². The van der Waals surface area contributed by atoms with E-state index in [9.17, 15) is 9.18 Å². The third-order valence-corrected chi connectivity index (χ3v) is 7.05. The number of piperazine rings is 1. The molecule has 4 heterocycles. The molecule has 0 N–H and O–H groups in total. The number of aromatic nitrogens is 3. The van der Waals surface area contributed by atoms with Gasteiger partial charge < -0.3 is 14.7 Å². The average Bonchev–Trinajstić information content (AvgIpc) is 3.52. The van der Waals surface area contributed by atoms with Crippen LogP contribution in [-0.4, -0.2) is 64.8 Å². The van der Waals surface area contributed by atoms with E-state index < -0.39 is 0 Å². The summed E-state index contributed by atoms with van der Waals surface area (Å²) < 4.78 is 15.1. The van der Waals surface area contributed by atoms with Gasteiger partial charge in [0.25, 0.3) is 0 Å². The highest BCUT2D eigenvalue weighted by molar-refractivity contribution is 7.17. The second-order valence-electron chi connectivity index (χ2n) is 8.03. The van der Waals surface area contributed by atoms with Gasteiger partial charge in [-0.25, -0.2) is 4.39 Å². The largest absolute Gasteiger partial charge is 0.368 e. The fourth-order valence-electron chi connectivity index (χ4n) is 4.35. The first kappa shape index (κ1) is 20.0. The normalized spacial score (nSPS) is 19.6. The van der Waals surface area contributed by atoms with Gasteiger partial charge >= 0.3 is 0 Å². The van der Waals surface area contributed by atoms with Crippen molar-refractivity contribution in [2.75, 3.05) is 49.1 Å². The fourth-order valence-corrected chi connectivity index (χ4v) is 5.20. The minimum absolute atomic E-state index is 0.00921. The van der Waals surface area contributed by atoms with E-state index in [1.54, 1.807) is 23.5 Å². The van der Waals surface area contributed by atoms with E-state index in [1.807, 2.05) is 34.0 Å². The molecule has 2 saturated heterocycles. The Labute approximate surface area is 184 Å². The molecule has 0 radical (unpaired) electrons. The van der Waals surface area contributed by atoms with E-state index in [4.69, 9.17) is 0 Å². The number of carbonyl (C=O) groups is 1. The smallest absolute Gasteiger partial charge is 0.227 e. The van der Waals surface area contributed by atoms with Gasteiger partial charge in [-0.15, -0.1) is 10.2 Å². The first-order valence-electron chi connectivity index (χ1n) is 10.7. The minimum atomic E-state index is -0.227. The third-order valence-electron chi connectivity index (χ3n) is 6.05. The number of hydrogen-bond donors (Lipinski definition) is 0. The molecule has 2 aliphatic rings. The molecule has 0 bridgehead atoms. The molecule has 2 aromatic heterocycles. The number of amides is 1. The predicted octanol–water partition coefficient (Wildman–Crippen LogP) is 3.03. The molecule has 0 aliphatic carbocycles. The topological polar surface area (TPSA) is 57.5 Å². The fraction of sp³-hybridized carbons (Fsp3) is 0.409. The average molecular weight is 441 g/mol. The third kappa shape index (κ3) is 4.27. The van der Waals surface area contributed by atoms with Gasteiger partial charge in [-0.3, -0.25) is 9.36 Å². The van der Waals surface area contributed by atoms with Gasteiger partial charge in [0.05, 0.1) is 5.92 Å². The number of rotatable bonds is 4. The van der Waals surface area contributed by atoms with Crippen molar-refractivity contribution in [3.8, 4) is 5.13 Å². The van der Waals surface area contributed by atoms with Crippen LogP contribution >= 0.6 is 11.3 Å². The Balaban J connectivity index is 1.19. The molecule has 162 valence electrons. The summed E-state index contributed by atoms with van der Waals surface area (Å²) in [5, 5.41) is 10.4. The minimum Gasteiger partial charge on any atom is -0.368 e. The second kappa shape index (κ2) is 8.66. The molecule has 0 saturated carbocycles. The summed E-state index contributed by atoms with van der Waals surface area (Å²) in [4.78, 5) is 19.6. The van der Waals surface area contributed by atoms with Gasteiger partial charge in [0.15, 0.2) is 0 Å². The summed E-state index contributed by atoms with van der Waals surface area (Å²) >= 11 is 1.55. The molecule has 0 unspecified atom stereocenters. The molecule has 1 atom stereocenters. The number of carbonyl (C=O) groups excluding carboxylic acids is 1. The van der Waals surface area contributed by atoms with E-state index in [-0.39, 0.29) is 17.6 Å². The molecule has 31 heavy (non-hydrogen) atoms. The molecule has 3 aromatic rings. The zero-order chi connectivity index (χ0) is 21.2. The number of benzene rings is 1. The van der Waals surface area contributed by atoms with Crippen LogP contribution in [-0.2, 0) is 4.79 Å². The van der Waals surface area contributed by atoms with E-state index in [1.165, 1.54) is 12.1 Å². The van der Waals surface area contributed by atoms with E-state index in [0.29, 0.717) is 19.6 Å². The predicted molar refractivity (Wildman–Crippen MR) is 119 cm³/mol. The maximum Gasteiger partial charge on any atom is 0.227 e. The van der Waals surface area contributed by atoms with E-state index in [0.717, 1.165) is 48.4 Å². The molecule has 2 aliphatic heterocycles. The van der Waals surface area contributed by atoms with Crippen molar-refractivity contribution in [3.63, 3.8) is 0 Å². The Hall–Kier alpha value is -2.94. The Kier molecular flexibility index (Phi) is 5.59. The van der Waals surface area contributed by atoms with Crippen LogP contribution in [0.3, 0.4) is 0 Å². The summed E-state index contributed by atoms with van der Waals surface area (Å²) in [5.74, 6) is -0.000943. The molecule has 9 heteroatoms. The molecule has 2 fully saturated rings. The van der Waals surface area contributed by atoms with Crippen molar-refractivity contribution >= 4 is 28.1 Å². The van der Waals surface area contributed by atoms with Gasteiger partial charge in [-0.05, 0) is 49.2 Å². The first-order valence-corrected chi connectivity index (χ1v) is 11.5. The summed E-state index contributed by atoms with van der Waals surface area (Å²) in [7, 11) is 0. The Morgan fingerprint density at radius 1 is 0.935 bits per heavy atom. The Bertz CT molecular complexity index is 1010. The molecule has 7 nitrogen and oxygen atoms in total. The maximum absolute atomic E-state index is 13.2. The lowest BCUT2D eigenvalue weighted by atomic mass is 9.96. The monoisotopic (exact) mass is 440 g/mol. The molecular formula is C22H25FN6OS.